The second-order valence-corrected chi connectivity index (χ2v) is 10.7. The number of aromatic amines is 1. The lowest BCUT2D eigenvalue weighted by Gasteiger charge is -2.44. The topological polar surface area (TPSA) is 77.7 Å². The highest BCUT2D eigenvalue weighted by Crippen LogP contribution is 2.35. The van der Waals surface area contributed by atoms with Gasteiger partial charge in [-0.05, 0) is 86.0 Å². The van der Waals surface area contributed by atoms with Crippen LogP contribution in [-0.2, 0) is 9.53 Å². The summed E-state index contributed by atoms with van der Waals surface area (Å²) in [5, 5.41) is 4.20. The van der Waals surface area contributed by atoms with E-state index < -0.39 is 17.7 Å². The zero-order valence-electron chi connectivity index (χ0n) is 22.7. The molecule has 9 heteroatoms. The molecule has 2 aliphatic rings. The molecule has 1 unspecified atom stereocenters. The molecule has 3 aromatic rings. The number of para-hydroxylation sites is 1. The summed E-state index contributed by atoms with van der Waals surface area (Å²) >= 11 is 0. The number of alkyl carbamates (subject to hydrolysis) is 1. The number of hydrogen-bond donors (Lipinski definition) is 2. The largest absolute Gasteiger partial charge is 0.453 e. The first kappa shape index (κ1) is 27.8. The Morgan fingerprint density at radius 3 is 2.45 bits per heavy atom. The number of likely N-dealkylation sites (tertiary alicyclic amines) is 2. The molecule has 2 saturated heterocycles. The molecular formula is C31H36F2N4O3. The van der Waals surface area contributed by atoms with Crippen molar-refractivity contribution in [2.45, 2.75) is 37.6 Å². The molecule has 2 N–H and O–H groups in total. The average Bonchev–Trinajstić information content (AvgIpc) is 3.40. The lowest BCUT2D eigenvalue weighted by atomic mass is 9.84. The second kappa shape index (κ2) is 12.6. The van der Waals surface area contributed by atoms with Crippen molar-refractivity contribution in [3.05, 3.63) is 77.5 Å². The molecule has 212 valence electrons. The Bertz CT molecular complexity index is 1340. The lowest BCUT2D eigenvalue weighted by molar-refractivity contribution is -0.127. The number of ether oxygens (including phenoxy) is 1. The van der Waals surface area contributed by atoms with Crippen LogP contribution in [0.3, 0.4) is 0 Å². The van der Waals surface area contributed by atoms with E-state index in [1.807, 2.05) is 6.07 Å². The van der Waals surface area contributed by atoms with Gasteiger partial charge in [0.25, 0.3) is 0 Å². The van der Waals surface area contributed by atoms with E-state index in [-0.39, 0.29) is 11.9 Å². The number of nitrogens with one attached hydrogen (secondary N) is 2. The molecule has 1 atom stereocenters. The van der Waals surface area contributed by atoms with Crippen molar-refractivity contribution in [1.29, 1.82) is 0 Å². The van der Waals surface area contributed by atoms with Gasteiger partial charge < -0.3 is 19.9 Å². The van der Waals surface area contributed by atoms with Crippen LogP contribution < -0.4 is 5.32 Å². The third-order valence-corrected chi connectivity index (χ3v) is 8.40. The third kappa shape index (κ3) is 6.53. The van der Waals surface area contributed by atoms with Crippen molar-refractivity contribution in [2.24, 2.45) is 5.92 Å². The first-order valence-electron chi connectivity index (χ1n) is 14.0. The van der Waals surface area contributed by atoms with Gasteiger partial charge in [-0.3, -0.25) is 9.69 Å². The maximum atomic E-state index is 13.5. The van der Waals surface area contributed by atoms with E-state index in [2.05, 4.69) is 39.6 Å². The lowest BCUT2D eigenvalue weighted by Crippen LogP contribution is -2.53. The molecular weight excluding hydrogens is 514 g/mol. The van der Waals surface area contributed by atoms with Crippen LogP contribution in [0.4, 0.5) is 13.6 Å². The zero-order chi connectivity index (χ0) is 28.1. The van der Waals surface area contributed by atoms with Gasteiger partial charge >= 0.3 is 6.09 Å². The van der Waals surface area contributed by atoms with Crippen LogP contribution >= 0.6 is 0 Å². The van der Waals surface area contributed by atoms with Crippen LogP contribution in [0.15, 0.2) is 54.7 Å². The number of methoxy groups -OCH3 is 1. The summed E-state index contributed by atoms with van der Waals surface area (Å²) in [5.41, 5.74) is 2.85. The first-order chi connectivity index (χ1) is 19.4. The summed E-state index contributed by atoms with van der Waals surface area (Å²) in [7, 11) is 1.37. The Balaban J connectivity index is 1.19. The number of piperidine rings is 2. The van der Waals surface area contributed by atoms with E-state index in [4.69, 9.17) is 4.74 Å². The van der Waals surface area contributed by atoms with Crippen molar-refractivity contribution in [3.8, 4) is 0 Å². The number of benzene rings is 2. The number of hydrogen-bond acceptors (Lipinski definition) is 4. The molecule has 0 saturated carbocycles. The fraction of sp³-hybridized carbons (Fsp3) is 0.419. The number of carbonyl (C=O) groups excluding carboxylic acids is 2. The van der Waals surface area contributed by atoms with E-state index in [0.717, 1.165) is 44.8 Å². The van der Waals surface area contributed by atoms with Gasteiger partial charge in [-0.15, -0.1) is 0 Å². The Kier molecular flexibility index (Phi) is 8.79. The summed E-state index contributed by atoms with van der Waals surface area (Å²) < 4.78 is 31.8. The molecule has 2 amide bonds. The molecule has 0 radical (unpaired) electrons. The molecule has 2 aliphatic heterocycles. The van der Waals surface area contributed by atoms with Gasteiger partial charge in [0, 0.05) is 54.9 Å². The van der Waals surface area contributed by atoms with Crippen molar-refractivity contribution in [1.82, 2.24) is 20.1 Å². The van der Waals surface area contributed by atoms with Crippen molar-refractivity contribution in [3.63, 3.8) is 0 Å². The van der Waals surface area contributed by atoms with Gasteiger partial charge in [0.1, 0.15) is 11.6 Å². The van der Waals surface area contributed by atoms with Gasteiger partial charge in [0.05, 0.1) is 7.11 Å². The highest BCUT2D eigenvalue weighted by atomic mass is 19.1. The van der Waals surface area contributed by atoms with E-state index in [1.54, 1.807) is 4.90 Å². The van der Waals surface area contributed by atoms with Crippen LogP contribution in [0.5, 0.6) is 0 Å². The number of aromatic nitrogens is 1. The molecule has 40 heavy (non-hydrogen) atoms. The van der Waals surface area contributed by atoms with Gasteiger partial charge in [0.15, 0.2) is 0 Å². The van der Waals surface area contributed by atoms with E-state index >= 15 is 0 Å². The summed E-state index contributed by atoms with van der Waals surface area (Å²) in [6.07, 6.45) is 8.23. The Hall–Kier alpha value is -3.72. The second-order valence-electron chi connectivity index (χ2n) is 10.7. The van der Waals surface area contributed by atoms with Gasteiger partial charge in [-0.2, -0.15) is 0 Å². The Morgan fingerprint density at radius 2 is 1.75 bits per heavy atom. The highest BCUT2D eigenvalue weighted by molar-refractivity contribution is 5.91. The molecule has 2 aromatic carbocycles. The van der Waals surface area contributed by atoms with E-state index in [0.29, 0.717) is 37.0 Å². The molecule has 3 heterocycles. The Labute approximate surface area is 233 Å². The zero-order valence-corrected chi connectivity index (χ0v) is 22.7. The quantitative estimate of drug-likeness (QED) is 0.392. The fourth-order valence-electron chi connectivity index (χ4n) is 6.28. The summed E-state index contributed by atoms with van der Waals surface area (Å²) in [6.45, 7) is 3.54. The van der Waals surface area contributed by atoms with Crippen LogP contribution in [0.25, 0.3) is 17.0 Å². The number of fused-ring (bicyclic) bond motifs is 1. The number of nitrogens with zero attached hydrogens (tertiary/aromatic N) is 2. The number of amides is 2. The standard InChI is InChI=1S/C31H36F2N4O3/c1-40-31(39)35-20-29(36-12-8-22(9-13-36)27-19-34-28-5-3-2-4-26(27)28)23-10-14-37(15-11-23)30(38)7-6-21-16-24(32)18-25(33)17-21/h2-7,16-19,22-23,29,34H,8-15,20H2,1H3,(H,35,39). The Morgan fingerprint density at radius 1 is 1.05 bits per heavy atom. The molecule has 0 bridgehead atoms. The molecule has 2 fully saturated rings. The highest BCUT2D eigenvalue weighted by Gasteiger charge is 2.34. The minimum atomic E-state index is -0.676. The molecule has 0 aliphatic carbocycles. The van der Waals surface area contributed by atoms with Crippen LogP contribution in [0, 0.1) is 17.6 Å². The summed E-state index contributed by atoms with van der Waals surface area (Å²) in [6, 6.07) is 11.8. The van der Waals surface area contributed by atoms with Gasteiger partial charge in [0.2, 0.25) is 5.91 Å². The van der Waals surface area contributed by atoms with Crippen molar-refractivity contribution < 1.29 is 23.1 Å². The minimum absolute atomic E-state index is 0.145. The molecule has 1 aromatic heterocycles. The van der Waals surface area contributed by atoms with Crippen LogP contribution in [0.2, 0.25) is 0 Å². The number of halogens is 2. The predicted molar refractivity (Wildman–Crippen MR) is 151 cm³/mol. The predicted octanol–water partition coefficient (Wildman–Crippen LogP) is 5.30. The van der Waals surface area contributed by atoms with Gasteiger partial charge in [-0.25, -0.2) is 13.6 Å². The van der Waals surface area contributed by atoms with Crippen LogP contribution in [0.1, 0.15) is 42.7 Å². The monoisotopic (exact) mass is 550 g/mol. The third-order valence-electron chi connectivity index (χ3n) is 8.40. The maximum absolute atomic E-state index is 13.5. The van der Waals surface area contributed by atoms with Crippen molar-refractivity contribution in [2.75, 3.05) is 39.8 Å². The van der Waals surface area contributed by atoms with Crippen LogP contribution in [-0.4, -0.2) is 72.7 Å². The minimum Gasteiger partial charge on any atom is -0.453 e. The average molecular weight is 551 g/mol. The normalized spacial score (nSPS) is 18.3. The fourth-order valence-corrected chi connectivity index (χ4v) is 6.28. The first-order valence-corrected chi connectivity index (χ1v) is 14.0. The maximum Gasteiger partial charge on any atom is 0.406 e. The smallest absolute Gasteiger partial charge is 0.406 e. The SMILES string of the molecule is COC(=O)NCC(C1CCN(C(=O)C=Cc2cc(F)cc(F)c2)CC1)N1CCC(c2c[nH]c3ccccc23)CC1. The van der Waals surface area contributed by atoms with Gasteiger partial charge in [-0.1, -0.05) is 18.2 Å². The molecule has 7 nitrogen and oxygen atoms in total. The number of rotatable bonds is 7. The summed E-state index contributed by atoms with van der Waals surface area (Å²) in [4.78, 5) is 32.4. The molecule has 5 rings (SSSR count). The van der Waals surface area contributed by atoms with Crippen molar-refractivity contribution >= 4 is 29.0 Å². The molecule has 0 spiro atoms. The number of carbonyl (C=O) groups is 2. The van der Waals surface area contributed by atoms with E-state index in [9.17, 15) is 18.4 Å². The summed E-state index contributed by atoms with van der Waals surface area (Å²) in [5.74, 6) is -0.728. The van der Waals surface area contributed by atoms with E-state index in [1.165, 1.54) is 47.9 Å². The number of H-pyrrole nitrogens is 1.